The minimum atomic E-state index is 0. The van der Waals surface area contributed by atoms with Crippen molar-refractivity contribution in [3.8, 4) is 0 Å². The normalized spacial score (nSPS) is 6.73. The van der Waals surface area contributed by atoms with Gasteiger partial charge in [-0.05, 0) is 5.38 Å². The Morgan fingerprint density at radius 1 is 1.55 bits per heavy atom. The number of halogens is 2. The van der Waals surface area contributed by atoms with Gasteiger partial charge in [-0.25, -0.2) is 0 Å². The molecule has 0 N–H and O–H groups in total. The summed E-state index contributed by atoms with van der Waals surface area (Å²) in [7, 11) is 0. The maximum atomic E-state index is 3.59. The molecule has 1 radical (unpaired) electrons. The number of allylic oxidation sites excluding steroid dienone is 1. The molecule has 0 aliphatic rings. The van der Waals surface area contributed by atoms with E-state index in [0.717, 1.165) is 0 Å². The molecule has 0 atom stereocenters. The van der Waals surface area contributed by atoms with Crippen LogP contribution in [0.3, 0.4) is 0 Å². The quantitative estimate of drug-likeness (QED) is 0.452. The fourth-order valence-electron chi connectivity index (χ4n) is 0.502. The van der Waals surface area contributed by atoms with Gasteiger partial charge in [0.1, 0.15) is 0 Å². The summed E-state index contributed by atoms with van der Waals surface area (Å²) >= 11 is 5.96. The molecule has 0 aliphatic heterocycles. The van der Waals surface area contributed by atoms with Crippen molar-refractivity contribution in [3.63, 3.8) is 0 Å². The molecular formula is C7H7I2SY-. The summed E-state index contributed by atoms with van der Waals surface area (Å²) in [6, 6.07) is 4.09. The van der Waals surface area contributed by atoms with Crippen LogP contribution in [0.4, 0.5) is 0 Å². The Morgan fingerprint density at radius 2 is 2.18 bits per heavy atom. The molecule has 0 aliphatic carbocycles. The van der Waals surface area contributed by atoms with Crippen LogP contribution in [0.1, 0.15) is 4.88 Å². The summed E-state index contributed by atoms with van der Waals surface area (Å²) in [5, 5.41) is 2.05. The summed E-state index contributed by atoms with van der Waals surface area (Å²) in [5.41, 5.74) is 0. The van der Waals surface area contributed by atoms with E-state index in [9.17, 15) is 0 Å². The second kappa shape index (κ2) is 11.9. The second-order valence-electron chi connectivity index (χ2n) is 1.42. The Labute approximate surface area is 120 Å². The molecule has 1 rings (SSSR count). The zero-order chi connectivity index (χ0) is 7.82. The van der Waals surface area contributed by atoms with Crippen LogP contribution in [0.25, 0.3) is 0 Å². The Bertz CT molecular complexity index is 163. The average molecular weight is 466 g/mol. The molecule has 0 fully saturated rings. The predicted molar refractivity (Wildman–Crippen MR) is 66.0 cm³/mol. The van der Waals surface area contributed by atoms with Crippen LogP contribution >= 0.6 is 48.6 Å². The minimum Gasteiger partial charge on any atom is -0.194 e. The van der Waals surface area contributed by atoms with E-state index >= 15 is 0 Å². The molecule has 0 saturated heterocycles. The van der Waals surface area contributed by atoms with E-state index in [-0.39, 0.29) is 32.7 Å². The monoisotopic (exact) mass is 466 g/mol. The fraction of sp³-hybridized carbons (Fsp3) is 0. The van der Waals surface area contributed by atoms with Crippen LogP contribution in [-0.4, -0.2) is 0 Å². The third-order valence-electron chi connectivity index (χ3n) is 0.825. The van der Waals surface area contributed by atoms with Gasteiger partial charge < -0.3 is 0 Å². The van der Waals surface area contributed by atoms with Gasteiger partial charge in [0.25, 0.3) is 0 Å². The van der Waals surface area contributed by atoms with E-state index < -0.39 is 0 Å². The topological polar surface area (TPSA) is 0 Å². The van der Waals surface area contributed by atoms with E-state index in [2.05, 4.69) is 55.3 Å². The third kappa shape index (κ3) is 8.21. The molecule has 0 unspecified atom stereocenters. The van der Waals surface area contributed by atoms with Crippen molar-refractivity contribution in [1.29, 1.82) is 0 Å². The van der Waals surface area contributed by atoms with Crippen molar-refractivity contribution in [1.82, 2.24) is 0 Å². The molecule has 1 aromatic rings. The first-order valence-corrected chi connectivity index (χ1v) is 9.73. The van der Waals surface area contributed by atoms with E-state index in [4.69, 9.17) is 0 Å². The first kappa shape index (κ1) is 15.4. The molecule has 11 heavy (non-hydrogen) atoms. The first-order valence-electron chi connectivity index (χ1n) is 2.57. The van der Waals surface area contributed by atoms with Crippen LogP contribution in [0.2, 0.25) is 0 Å². The Morgan fingerprint density at radius 3 is 2.55 bits per heavy atom. The van der Waals surface area contributed by atoms with Gasteiger partial charge >= 0.3 is 0 Å². The summed E-state index contributed by atoms with van der Waals surface area (Å²) in [4.78, 5) is 1.26. The minimum absolute atomic E-state index is 0. The molecule has 0 bridgehead atoms. The Kier molecular flexibility index (Phi) is 16.6. The van der Waals surface area contributed by atoms with Crippen LogP contribution < -0.4 is 0 Å². The summed E-state index contributed by atoms with van der Waals surface area (Å²) in [5.74, 6) is 0. The van der Waals surface area contributed by atoms with Crippen molar-refractivity contribution in [3.05, 3.63) is 41.5 Å². The second-order valence-corrected chi connectivity index (χ2v) is 2.40. The van der Waals surface area contributed by atoms with Gasteiger partial charge in [0.05, 0.1) is 0 Å². The molecule has 1 aromatic heterocycles. The van der Waals surface area contributed by atoms with Crippen molar-refractivity contribution in [2.24, 2.45) is 0 Å². The van der Waals surface area contributed by atoms with Gasteiger partial charge in [0, 0.05) is 69.9 Å². The Balaban J connectivity index is 0. The van der Waals surface area contributed by atoms with Gasteiger partial charge in [-0.1, -0.05) is 4.88 Å². The van der Waals surface area contributed by atoms with Crippen molar-refractivity contribution >= 4 is 48.6 Å². The molecular weight excluding hydrogens is 459 g/mol. The average Bonchev–Trinajstić information content (AvgIpc) is 2.46. The van der Waals surface area contributed by atoms with Crippen molar-refractivity contribution in [2.75, 3.05) is 0 Å². The maximum Gasteiger partial charge on any atom is 0 e. The molecule has 0 saturated carbocycles. The third-order valence-corrected chi connectivity index (χ3v) is 1.66. The molecule has 0 aromatic carbocycles. The molecule has 4 heteroatoms. The zero-order valence-electron chi connectivity index (χ0n) is 5.84. The standard InChI is InChI=1S/C7H7S.I2.Y/c1-2-4-7-5-3-6-8-7;1-2;/h2-6H,1H2;;/q-1;;. The van der Waals surface area contributed by atoms with Gasteiger partial charge in [-0.2, -0.15) is 30.4 Å². The van der Waals surface area contributed by atoms with Crippen LogP contribution in [0.5, 0.6) is 0 Å². The summed E-state index contributed by atoms with van der Waals surface area (Å²) in [6.45, 7) is 3.59. The maximum absolute atomic E-state index is 3.59. The number of rotatable bonds is 2. The fourth-order valence-corrected chi connectivity index (χ4v) is 1.15. The van der Waals surface area contributed by atoms with Gasteiger partial charge in [-0.3, -0.25) is 0 Å². The van der Waals surface area contributed by atoms with E-state index in [1.54, 1.807) is 17.4 Å². The molecule has 59 valence electrons. The first-order chi connectivity index (χ1) is 4.93. The zero-order valence-corrected chi connectivity index (χ0v) is 13.8. The van der Waals surface area contributed by atoms with E-state index in [0.29, 0.717) is 0 Å². The number of hydrogen-bond donors (Lipinski definition) is 0. The molecule has 0 spiro atoms. The molecule has 0 amide bonds. The van der Waals surface area contributed by atoms with Gasteiger partial charge in [-0.15, -0.1) is 12.1 Å². The largest absolute Gasteiger partial charge is 0.194 e. The van der Waals surface area contributed by atoms with E-state index in [1.807, 2.05) is 12.5 Å². The summed E-state index contributed by atoms with van der Waals surface area (Å²) < 4.78 is 0. The van der Waals surface area contributed by atoms with Crippen LogP contribution in [0, 0.1) is 6.42 Å². The predicted octanol–water partition coefficient (Wildman–Crippen LogP) is 4.26. The van der Waals surface area contributed by atoms with Gasteiger partial charge in [0.2, 0.25) is 0 Å². The van der Waals surface area contributed by atoms with Gasteiger partial charge in [0.15, 0.2) is 0 Å². The smallest absolute Gasteiger partial charge is 0 e. The summed E-state index contributed by atoms with van der Waals surface area (Å²) in [6.07, 6.45) is 3.79. The van der Waals surface area contributed by atoms with Crippen molar-refractivity contribution in [2.45, 2.75) is 0 Å². The van der Waals surface area contributed by atoms with E-state index in [1.165, 1.54) is 4.88 Å². The van der Waals surface area contributed by atoms with Crippen LogP contribution in [-0.2, 0) is 32.7 Å². The SMILES string of the molecule is C=C[CH-]c1cccs1.II.[Y]. The molecule has 0 nitrogen and oxygen atoms in total. The van der Waals surface area contributed by atoms with Crippen molar-refractivity contribution < 1.29 is 32.7 Å². The Hall–Kier alpha value is 1.87. The number of hydrogen-bond acceptors (Lipinski definition) is 1. The van der Waals surface area contributed by atoms with Crippen LogP contribution in [0.15, 0.2) is 30.2 Å². The molecule has 1 heterocycles. The number of thiophene rings is 1.